The Morgan fingerprint density at radius 2 is 2.05 bits per heavy atom. The highest BCUT2D eigenvalue weighted by atomic mass is 79.9. The number of sulfonamides is 1. The lowest BCUT2D eigenvalue weighted by atomic mass is 10.0. The van der Waals surface area contributed by atoms with Crippen molar-refractivity contribution in [2.75, 3.05) is 24.7 Å². The lowest BCUT2D eigenvalue weighted by Crippen LogP contribution is -2.39. The summed E-state index contributed by atoms with van der Waals surface area (Å²) < 4.78 is 25.8. The summed E-state index contributed by atoms with van der Waals surface area (Å²) in [6.07, 6.45) is 2.50. The topological polar surface area (TPSA) is 159 Å². The quantitative estimate of drug-likeness (QED) is 0.432. The van der Waals surface area contributed by atoms with Crippen LogP contribution in [0.25, 0.3) is 5.82 Å². The number of carbonyl (C=O) groups excluding carboxylic acids is 2. The largest absolute Gasteiger partial charge is 0.345 e. The number of amides is 2. The molecule has 1 aliphatic heterocycles. The molecule has 0 spiro atoms. The van der Waals surface area contributed by atoms with Gasteiger partial charge in [0.25, 0.3) is 11.8 Å². The molecule has 37 heavy (non-hydrogen) atoms. The predicted molar refractivity (Wildman–Crippen MR) is 137 cm³/mol. The molecular weight excluding hydrogens is 590 g/mol. The van der Waals surface area contributed by atoms with E-state index in [1.165, 1.54) is 29.1 Å². The van der Waals surface area contributed by atoms with Crippen molar-refractivity contribution in [2.45, 2.75) is 13.0 Å². The van der Waals surface area contributed by atoms with Crippen LogP contribution >= 0.6 is 27.5 Å². The van der Waals surface area contributed by atoms with E-state index in [9.17, 15) is 23.3 Å². The summed E-state index contributed by atoms with van der Waals surface area (Å²) in [4.78, 5) is 35.9. The van der Waals surface area contributed by atoms with Crippen LogP contribution in [0.15, 0.2) is 41.1 Å². The van der Waals surface area contributed by atoms with E-state index in [0.29, 0.717) is 10.2 Å². The van der Waals surface area contributed by atoms with Crippen LogP contribution in [-0.4, -0.2) is 64.9 Å². The number of nitrogens with one attached hydrogen (secondary N) is 2. The number of nitriles is 1. The van der Waals surface area contributed by atoms with Gasteiger partial charge in [-0.05, 0) is 52.7 Å². The van der Waals surface area contributed by atoms with Gasteiger partial charge in [-0.3, -0.25) is 14.4 Å². The standard InChI is InChI=1S/C22H19BrClN7O5S/c1-12-6-13(9-25)7-15(21(32)27-14-10-30(36-11-14)37(2,34)35)19(12)28-22(33)17-8-18(23)29-31(17)20-16(24)4-3-5-26-20/h3-8,14H,10-11H2,1-2H3,(H,27,32)(H,28,33). The summed E-state index contributed by atoms with van der Waals surface area (Å²) in [6, 6.07) is 8.92. The van der Waals surface area contributed by atoms with E-state index in [-0.39, 0.29) is 46.5 Å². The van der Waals surface area contributed by atoms with E-state index >= 15 is 0 Å². The monoisotopic (exact) mass is 607 g/mol. The van der Waals surface area contributed by atoms with E-state index in [4.69, 9.17) is 16.4 Å². The van der Waals surface area contributed by atoms with Crippen molar-refractivity contribution in [2.24, 2.45) is 0 Å². The lowest BCUT2D eigenvalue weighted by Gasteiger charge is -2.17. The Hall–Kier alpha value is -3.35. The molecule has 3 aromatic rings. The first-order valence-electron chi connectivity index (χ1n) is 10.6. The zero-order valence-electron chi connectivity index (χ0n) is 19.4. The van der Waals surface area contributed by atoms with Crippen molar-refractivity contribution in [3.8, 4) is 11.9 Å². The number of benzene rings is 1. The van der Waals surface area contributed by atoms with E-state index in [1.54, 1.807) is 19.1 Å². The van der Waals surface area contributed by atoms with Crippen molar-refractivity contribution >= 4 is 55.1 Å². The second-order valence-electron chi connectivity index (χ2n) is 8.07. The zero-order chi connectivity index (χ0) is 26.9. The van der Waals surface area contributed by atoms with Crippen LogP contribution in [0.1, 0.15) is 32.0 Å². The molecular formula is C22H19BrClN7O5S. The molecule has 1 fully saturated rings. The Labute approximate surface area is 225 Å². The number of anilines is 1. The molecule has 1 saturated heterocycles. The van der Waals surface area contributed by atoms with Crippen molar-refractivity contribution in [1.82, 2.24) is 24.5 Å². The summed E-state index contributed by atoms with van der Waals surface area (Å²) in [6.45, 7) is 1.50. The molecule has 15 heteroatoms. The van der Waals surface area contributed by atoms with Crippen molar-refractivity contribution in [3.05, 3.63) is 68.5 Å². The summed E-state index contributed by atoms with van der Waals surface area (Å²) >= 11 is 9.50. The molecule has 1 unspecified atom stereocenters. The molecule has 2 aromatic heterocycles. The van der Waals surface area contributed by atoms with Gasteiger partial charge in [-0.1, -0.05) is 16.1 Å². The second-order valence-corrected chi connectivity index (χ2v) is 11.2. The number of aromatic nitrogens is 3. The summed E-state index contributed by atoms with van der Waals surface area (Å²) in [7, 11) is -3.60. The molecule has 3 heterocycles. The number of aryl methyl sites for hydroxylation is 1. The minimum atomic E-state index is -3.60. The maximum Gasteiger partial charge on any atom is 0.274 e. The van der Waals surface area contributed by atoms with E-state index < -0.39 is 27.9 Å². The molecule has 0 aliphatic carbocycles. The highest BCUT2D eigenvalue weighted by molar-refractivity contribution is 9.10. The highest BCUT2D eigenvalue weighted by Gasteiger charge is 2.32. The Kier molecular flexibility index (Phi) is 7.62. The molecule has 2 amide bonds. The van der Waals surface area contributed by atoms with Crippen molar-refractivity contribution in [1.29, 1.82) is 5.26 Å². The maximum atomic E-state index is 13.4. The number of carbonyl (C=O) groups is 2. The van der Waals surface area contributed by atoms with Gasteiger partial charge in [0.1, 0.15) is 10.3 Å². The van der Waals surface area contributed by atoms with E-state index in [2.05, 4.69) is 36.6 Å². The van der Waals surface area contributed by atoms with Crippen LogP contribution in [0.3, 0.4) is 0 Å². The number of pyridine rings is 1. The fourth-order valence-corrected chi connectivity index (χ4v) is 4.90. The predicted octanol–water partition coefficient (Wildman–Crippen LogP) is 2.42. The Bertz CT molecular complexity index is 1550. The average molecular weight is 609 g/mol. The number of hydrogen-bond donors (Lipinski definition) is 2. The van der Waals surface area contributed by atoms with Gasteiger partial charge in [0.15, 0.2) is 5.82 Å². The SMILES string of the molecule is Cc1cc(C#N)cc(C(=O)NC2CON(S(C)(=O)=O)C2)c1NC(=O)c1cc(Br)nn1-c1ncccc1Cl. The van der Waals surface area contributed by atoms with Crippen LogP contribution in [0, 0.1) is 18.3 Å². The minimum Gasteiger partial charge on any atom is -0.345 e. The smallest absolute Gasteiger partial charge is 0.274 e. The number of rotatable bonds is 6. The van der Waals surface area contributed by atoms with Gasteiger partial charge in [0.2, 0.25) is 10.0 Å². The van der Waals surface area contributed by atoms with Crippen LogP contribution in [0.5, 0.6) is 0 Å². The Balaban J connectivity index is 1.65. The Morgan fingerprint density at radius 1 is 1.30 bits per heavy atom. The first-order chi connectivity index (χ1) is 17.5. The first kappa shape index (κ1) is 26.7. The van der Waals surface area contributed by atoms with Gasteiger partial charge in [-0.25, -0.2) is 18.1 Å². The first-order valence-corrected chi connectivity index (χ1v) is 13.6. The minimum absolute atomic E-state index is 0.0173. The number of hydroxylamine groups is 1. The Morgan fingerprint density at radius 3 is 2.70 bits per heavy atom. The van der Waals surface area contributed by atoms with Gasteiger partial charge in [-0.15, -0.1) is 0 Å². The van der Waals surface area contributed by atoms with Crippen molar-refractivity contribution < 1.29 is 22.8 Å². The molecule has 1 aromatic carbocycles. The van der Waals surface area contributed by atoms with Crippen LogP contribution in [0.4, 0.5) is 5.69 Å². The van der Waals surface area contributed by atoms with Gasteiger partial charge in [0.05, 0.1) is 53.4 Å². The molecule has 2 N–H and O–H groups in total. The normalized spacial score (nSPS) is 15.8. The third-order valence-electron chi connectivity index (χ3n) is 5.29. The molecule has 192 valence electrons. The maximum absolute atomic E-state index is 13.4. The van der Waals surface area contributed by atoms with Gasteiger partial charge < -0.3 is 10.6 Å². The lowest BCUT2D eigenvalue weighted by molar-refractivity contribution is -0.0283. The third kappa shape index (κ3) is 5.81. The summed E-state index contributed by atoms with van der Waals surface area (Å²) in [5.41, 5.74) is 0.920. The fourth-order valence-electron chi connectivity index (χ4n) is 3.62. The molecule has 0 radical (unpaired) electrons. The van der Waals surface area contributed by atoms with Gasteiger partial charge in [-0.2, -0.15) is 10.4 Å². The van der Waals surface area contributed by atoms with Crippen molar-refractivity contribution in [3.63, 3.8) is 0 Å². The van der Waals surface area contributed by atoms with Crippen LogP contribution in [-0.2, 0) is 14.9 Å². The molecule has 1 atom stereocenters. The molecule has 0 saturated carbocycles. The molecule has 0 bridgehead atoms. The fraction of sp³-hybridized carbons (Fsp3) is 0.227. The average Bonchev–Trinajstić information content (AvgIpc) is 3.47. The van der Waals surface area contributed by atoms with E-state index in [1.807, 2.05) is 6.07 Å². The van der Waals surface area contributed by atoms with Gasteiger partial charge in [0, 0.05) is 12.3 Å². The highest BCUT2D eigenvalue weighted by Crippen LogP contribution is 2.26. The summed E-state index contributed by atoms with van der Waals surface area (Å²) in [5, 5.41) is 19.4. The van der Waals surface area contributed by atoms with Crippen LogP contribution in [0.2, 0.25) is 5.02 Å². The van der Waals surface area contributed by atoms with Crippen LogP contribution < -0.4 is 10.6 Å². The summed E-state index contributed by atoms with van der Waals surface area (Å²) in [5.74, 6) is -1.01. The molecule has 12 nitrogen and oxygen atoms in total. The third-order valence-corrected chi connectivity index (χ3v) is 6.97. The molecule has 1 aliphatic rings. The number of hydrogen-bond acceptors (Lipinski definition) is 8. The second kappa shape index (κ2) is 10.6. The zero-order valence-corrected chi connectivity index (χ0v) is 22.6. The van der Waals surface area contributed by atoms with E-state index in [0.717, 1.165) is 10.7 Å². The number of halogens is 2. The molecule has 4 rings (SSSR count). The number of nitrogens with zero attached hydrogens (tertiary/aromatic N) is 5. The van der Waals surface area contributed by atoms with Gasteiger partial charge >= 0.3 is 0 Å².